The lowest BCUT2D eigenvalue weighted by Crippen LogP contribution is -2.48. The first-order valence-corrected chi connectivity index (χ1v) is 6.45. The number of carbonyl (C=O) groups excluding carboxylic acids is 2. The van der Waals surface area contributed by atoms with E-state index in [4.69, 9.17) is 10.2 Å². The van der Waals surface area contributed by atoms with Crippen LogP contribution in [-0.4, -0.2) is 81.6 Å². The highest BCUT2D eigenvalue weighted by Crippen LogP contribution is 2.06. The second-order valence-electron chi connectivity index (χ2n) is 4.39. The van der Waals surface area contributed by atoms with E-state index in [1.54, 1.807) is 0 Å². The number of aliphatic imine (C=N–C) groups is 1. The zero-order chi connectivity index (χ0) is 16.4. The first-order valence-electron chi connectivity index (χ1n) is 6.45. The Morgan fingerprint density at radius 3 is 2.33 bits per heavy atom. The molecule has 0 aromatic rings. The van der Waals surface area contributed by atoms with Crippen LogP contribution in [0, 0.1) is 0 Å². The third-order valence-corrected chi connectivity index (χ3v) is 2.74. The average molecular weight is 306 g/mol. The summed E-state index contributed by atoms with van der Waals surface area (Å²) in [4.78, 5) is 25.7. The average Bonchev–Trinajstić information content (AvgIpc) is 2.50. The molecule has 0 heterocycles. The Hall–Kier alpha value is -1.39. The second kappa shape index (κ2) is 10.4. The summed E-state index contributed by atoms with van der Waals surface area (Å²) in [6, 6.07) is 0. The predicted octanol–water partition coefficient (Wildman–Crippen LogP) is -3.06. The molecular weight excluding hydrogens is 284 g/mol. The first kappa shape index (κ1) is 19.6. The topological polar surface area (TPSA) is 160 Å². The molecule has 2 amide bonds. The van der Waals surface area contributed by atoms with Gasteiger partial charge in [-0.15, -0.1) is 0 Å². The maximum atomic E-state index is 11.4. The number of unbranched alkanes of at least 4 members (excludes halogenated alkanes) is 1. The van der Waals surface area contributed by atoms with Crippen molar-refractivity contribution >= 4 is 18.0 Å². The van der Waals surface area contributed by atoms with Crippen LogP contribution in [0.2, 0.25) is 0 Å². The van der Waals surface area contributed by atoms with Gasteiger partial charge in [0.2, 0.25) is 5.91 Å². The molecule has 9 nitrogen and oxygen atoms in total. The normalized spacial score (nSPS) is 17.2. The summed E-state index contributed by atoms with van der Waals surface area (Å²) in [7, 11) is 1.50. The highest BCUT2D eigenvalue weighted by atomic mass is 16.4. The summed E-state index contributed by atoms with van der Waals surface area (Å²) in [5.74, 6) is -1.24. The van der Waals surface area contributed by atoms with Gasteiger partial charge in [-0.3, -0.25) is 9.59 Å². The van der Waals surface area contributed by atoms with Gasteiger partial charge in [0.15, 0.2) is 6.10 Å². The SMILES string of the molecule is CNC(=O)CCCC=NC(=O)C(O)C(O)C(O)C(O)CO. The lowest BCUT2D eigenvalue weighted by molar-refractivity contribution is -0.145. The van der Waals surface area contributed by atoms with Crippen molar-refractivity contribution in [3.05, 3.63) is 0 Å². The summed E-state index contributed by atoms with van der Waals surface area (Å²) < 4.78 is 0. The zero-order valence-electron chi connectivity index (χ0n) is 11.7. The number of hydrogen-bond acceptors (Lipinski definition) is 7. The highest BCUT2D eigenvalue weighted by Gasteiger charge is 2.33. The minimum Gasteiger partial charge on any atom is -0.394 e. The van der Waals surface area contributed by atoms with Crippen LogP contribution in [0.5, 0.6) is 0 Å². The lowest BCUT2D eigenvalue weighted by atomic mass is 10.0. The van der Waals surface area contributed by atoms with Gasteiger partial charge >= 0.3 is 0 Å². The molecule has 0 saturated heterocycles. The Morgan fingerprint density at radius 2 is 1.81 bits per heavy atom. The van der Waals surface area contributed by atoms with Gasteiger partial charge in [-0.05, 0) is 12.8 Å². The van der Waals surface area contributed by atoms with Crippen LogP contribution >= 0.6 is 0 Å². The molecule has 0 radical (unpaired) electrons. The standard InChI is InChI=1S/C12H22N2O7/c1-13-8(17)4-2-3-5-14-12(21)11(20)10(19)9(18)7(16)6-15/h5,7,9-11,15-16,18-20H,2-4,6H2,1H3,(H,13,17). The van der Waals surface area contributed by atoms with Crippen molar-refractivity contribution in [2.75, 3.05) is 13.7 Å². The van der Waals surface area contributed by atoms with Gasteiger partial charge < -0.3 is 30.8 Å². The molecule has 0 bridgehead atoms. The smallest absolute Gasteiger partial charge is 0.276 e. The third-order valence-electron chi connectivity index (χ3n) is 2.74. The van der Waals surface area contributed by atoms with Crippen LogP contribution in [0.15, 0.2) is 4.99 Å². The lowest BCUT2D eigenvalue weighted by Gasteiger charge is -2.23. The molecule has 0 saturated carbocycles. The maximum Gasteiger partial charge on any atom is 0.276 e. The molecule has 0 aliphatic carbocycles. The van der Waals surface area contributed by atoms with E-state index in [0.717, 1.165) is 0 Å². The van der Waals surface area contributed by atoms with Crippen LogP contribution in [0.4, 0.5) is 0 Å². The third kappa shape index (κ3) is 7.25. The second-order valence-corrected chi connectivity index (χ2v) is 4.39. The maximum absolute atomic E-state index is 11.4. The Morgan fingerprint density at radius 1 is 1.19 bits per heavy atom. The number of carbonyl (C=O) groups is 2. The van der Waals surface area contributed by atoms with Gasteiger partial charge in [0.1, 0.15) is 18.3 Å². The van der Waals surface area contributed by atoms with E-state index in [9.17, 15) is 24.9 Å². The van der Waals surface area contributed by atoms with E-state index in [1.807, 2.05) is 0 Å². The summed E-state index contributed by atoms with van der Waals surface area (Å²) in [5.41, 5.74) is 0. The quantitative estimate of drug-likeness (QED) is 0.195. The predicted molar refractivity (Wildman–Crippen MR) is 72.5 cm³/mol. The molecule has 0 aliphatic rings. The van der Waals surface area contributed by atoms with Crippen molar-refractivity contribution in [2.45, 2.75) is 43.7 Å². The Labute approximate surface area is 121 Å². The first-order chi connectivity index (χ1) is 9.84. The van der Waals surface area contributed by atoms with Crippen LogP contribution < -0.4 is 5.32 Å². The fraction of sp³-hybridized carbons (Fsp3) is 0.750. The van der Waals surface area contributed by atoms with Crippen LogP contribution in [0.1, 0.15) is 19.3 Å². The monoisotopic (exact) mass is 306 g/mol. The summed E-state index contributed by atoms with van der Waals surface area (Å²) in [6.07, 6.45) is -5.31. The van der Waals surface area contributed by atoms with E-state index in [0.29, 0.717) is 12.8 Å². The Balaban J connectivity index is 4.22. The van der Waals surface area contributed by atoms with E-state index in [2.05, 4.69) is 10.3 Å². The minimum absolute atomic E-state index is 0.147. The molecule has 6 N–H and O–H groups in total. The number of rotatable bonds is 9. The Bertz CT molecular complexity index is 362. The molecule has 0 spiro atoms. The number of aliphatic hydroxyl groups excluding tert-OH is 5. The van der Waals surface area contributed by atoms with Crippen molar-refractivity contribution < 1.29 is 35.1 Å². The number of aliphatic hydroxyl groups is 5. The number of nitrogens with zero attached hydrogens (tertiary/aromatic N) is 1. The van der Waals surface area contributed by atoms with E-state index in [-0.39, 0.29) is 12.3 Å². The molecule has 21 heavy (non-hydrogen) atoms. The van der Waals surface area contributed by atoms with E-state index >= 15 is 0 Å². The molecule has 0 rings (SSSR count). The molecule has 122 valence electrons. The zero-order valence-corrected chi connectivity index (χ0v) is 11.7. The summed E-state index contributed by atoms with van der Waals surface area (Å²) in [5, 5.41) is 48.3. The van der Waals surface area contributed by atoms with Crippen LogP contribution in [0.3, 0.4) is 0 Å². The van der Waals surface area contributed by atoms with Gasteiger partial charge in [0.05, 0.1) is 6.61 Å². The highest BCUT2D eigenvalue weighted by molar-refractivity contribution is 5.88. The van der Waals surface area contributed by atoms with Crippen LogP contribution in [0.25, 0.3) is 0 Å². The number of nitrogens with one attached hydrogen (secondary N) is 1. The van der Waals surface area contributed by atoms with Gasteiger partial charge in [-0.25, -0.2) is 4.99 Å². The van der Waals surface area contributed by atoms with Gasteiger partial charge in [0, 0.05) is 19.7 Å². The van der Waals surface area contributed by atoms with Crippen molar-refractivity contribution in [2.24, 2.45) is 4.99 Å². The fourth-order valence-corrected chi connectivity index (χ4v) is 1.38. The molecule has 9 heteroatoms. The molecule has 0 aromatic heterocycles. The van der Waals surface area contributed by atoms with E-state index in [1.165, 1.54) is 13.3 Å². The summed E-state index contributed by atoms with van der Waals surface area (Å²) >= 11 is 0. The largest absolute Gasteiger partial charge is 0.394 e. The number of hydrogen-bond donors (Lipinski definition) is 6. The Kier molecular flexibility index (Phi) is 9.67. The van der Waals surface area contributed by atoms with Crippen molar-refractivity contribution in [1.82, 2.24) is 5.32 Å². The summed E-state index contributed by atoms with van der Waals surface area (Å²) in [6.45, 7) is -0.831. The molecule has 0 aromatic carbocycles. The molecule has 4 unspecified atom stereocenters. The number of amides is 2. The molecular formula is C12H22N2O7. The minimum atomic E-state index is -2.02. The van der Waals surface area contributed by atoms with Crippen molar-refractivity contribution in [1.29, 1.82) is 0 Å². The van der Waals surface area contributed by atoms with Gasteiger partial charge in [-0.1, -0.05) is 0 Å². The van der Waals surface area contributed by atoms with Crippen molar-refractivity contribution in [3.8, 4) is 0 Å². The van der Waals surface area contributed by atoms with Crippen molar-refractivity contribution in [3.63, 3.8) is 0 Å². The van der Waals surface area contributed by atoms with Gasteiger partial charge in [0.25, 0.3) is 5.91 Å². The molecule has 0 fully saturated rings. The molecule has 0 aliphatic heterocycles. The van der Waals surface area contributed by atoms with Crippen LogP contribution in [-0.2, 0) is 9.59 Å². The van der Waals surface area contributed by atoms with E-state index < -0.39 is 36.9 Å². The molecule has 4 atom stereocenters. The fourth-order valence-electron chi connectivity index (χ4n) is 1.38. The van der Waals surface area contributed by atoms with Gasteiger partial charge in [-0.2, -0.15) is 0 Å².